The number of sulfonamides is 1. The molecule has 2 aliphatic rings. The molecule has 128 valence electrons. The molecule has 7 heteroatoms. The quantitative estimate of drug-likeness (QED) is 0.883. The lowest BCUT2D eigenvalue weighted by Crippen LogP contribution is -2.48. The SMILES string of the molecule is O=S(=O)(N[C@H]1CCCN(C[C@@H]2CCOC2)C1)c1cccc(F)c1. The van der Waals surface area contributed by atoms with Crippen molar-refractivity contribution >= 4 is 10.0 Å². The summed E-state index contributed by atoms with van der Waals surface area (Å²) in [5, 5.41) is 0. The van der Waals surface area contributed by atoms with Crippen LogP contribution >= 0.6 is 0 Å². The van der Waals surface area contributed by atoms with E-state index in [0.29, 0.717) is 12.5 Å². The summed E-state index contributed by atoms with van der Waals surface area (Å²) in [7, 11) is -3.67. The lowest BCUT2D eigenvalue weighted by Gasteiger charge is -2.34. The van der Waals surface area contributed by atoms with Gasteiger partial charge in [-0.25, -0.2) is 17.5 Å². The number of nitrogens with one attached hydrogen (secondary N) is 1. The van der Waals surface area contributed by atoms with Gasteiger partial charge in [-0.15, -0.1) is 0 Å². The highest BCUT2D eigenvalue weighted by Gasteiger charge is 2.27. The number of nitrogens with zero attached hydrogens (tertiary/aromatic N) is 1. The van der Waals surface area contributed by atoms with Crippen molar-refractivity contribution in [2.24, 2.45) is 5.92 Å². The Labute approximate surface area is 136 Å². The monoisotopic (exact) mass is 342 g/mol. The number of hydrogen-bond acceptors (Lipinski definition) is 4. The standard InChI is InChI=1S/C16H23FN2O3S/c17-14-3-1-5-16(9-14)23(20,21)18-15-4-2-7-19(11-15)10-13-6-8-22-12-13/h1,3,5,9,13,15,18H,2,4,6-8,10-12H2/t13-,15-/m0/s1. The van der Waals surface area contributed by atoms with Gasteiger partial charge in [0.2, 0.25) is 10.0 Å². The first-order valence-electron chi connectivity index (χ1n) is 8.11. The van der Waals surface area contributed by atoms with Crippen LogP contribution in [-0.2, 0) is 14.8 Å². The maximum Gasteiger partial charge on any atom is 0.240 e. The van der Waals surface area contributed by atoms with E-state index in [2.05, 4.69) is 9.62 Å². The Morgan fingerprint density at radius 2 is 2.22 bits per heavy atom. The highest BCUT2D eigenvalue weighted by Crippen LogP contribution is 2.19. The van der Waals surface area contributed by atoms with E-state index in [9.17, 15) is 12.8 Å². The Morgan fingerprint density at radius 3 is 2.96 bits per heavy atom. The Bertz CT molecular complexity index is 632. The Morgan fingerprint density at radius 1 is 1.35 bits per heavy atom. The van der Waals surface area contributed by atoms with Gasteiger partial charge >= 0.3 is 0 Å². The van der Waals surface area contributed by atoms with Gasteiger partial charge in [-0.1, -0.05) is 6.07 Å². The second kappa shape index (κ2) is 7.25. The van der Waals surface area contributed by atoms with Crippen molar-refractivity contribution < 1.29 is 17.5 Å². The van der Waals surface area contributed by atoms with Crippen LogP contribution in [-0.4, -0.2) is 52.2 Å². The van der Waals surface area contributed by atoms with E-state index in [-0.39, 0.29) is 10.9 Å². The third kappa shape index (κ3) is 4.50. The number of halogens is 1. The topological polar surface area (TPSA) is 58.6 Å². The van der Waals surface area contributed by atoms with E-state index in [0.717, 1.165) is 51.6 Å². The van der Waals surface area contributed by atoms with Gasteiger partial charge in [0.15, 0.2) is 0 Å². The van der Waals surface area contributed by atoms with Crippen molar-refractivity contribution in [2.45, 2.75) is 30.2 Å². The summed E-state index contributed by atoms with van der Waals surface area (Å²) in [5.41, 5.74) is 0. The highest BCUT2D eigenvalue weighted by molar-refractivity contribution is 7.89. The molecule has 1 aromatic carbocycles. The molecule has 0 unspecified atom stereocenters. The zero-order valence-electron chi connectivity index (χ0n) is 13.1. The molecule has 0 bridgehead atoms. The normalized spacial score (nSPS) is 26.5. The Hall–Kier alpha value is -1.02. The van der Waals surface area contributed by atoms with Gasteiger partial charge in [-0.3, -0.25) is 0 Å². The summed E-state index contributed by atoms with van der Waals surface area (Å²) in [6.45, 7) is 4.28. The number of hydrogen-bond donors (Lipinski definition) is 1. The molecule has 0 aromatic heterocycles. The van der Waals surface area contributed by atoms with Crippen LogP contribution in [0.4, 0.5) is 4.39 Å². The van der Waals surface area contributed by atoms with Crippen LogP contribution in [0.15, 0.2) is 29.2 Å². The minimum Gasteiger partial charge on any atom is -0.381 e. The fourth-order valence-electron chi connectivity index (χ4n) is 3.33. The Balaban J connectivity index is 1.60. The molecule has 0 spiro atoms. The number of rotatable bonds is 5. The maximum atomic E-state index is 13.3. The van der Waals surface area contributed by atoms with Crippen LogP contribution in [0, 0.1) is 11.7 Å². The summed E-state index contributed by atoms with van der Waals surface area (Å²) >= 11 is 0. The summed E-state index contributed by atoms with van der Waals surface area (Å²) in [6.07, 6.45) is 2.85. The van der Waals surface area contributed by atoms with Crippen molar-refractivity contribution in [3.8, 4) is 0 Å². The molecule has 2 fully saturated rings. The number of ether oxygens (including phenoxy) is 1. The molecule has 0 saturated carbocycles. The van der Waals surface area contributed by atoms with Crippen LogP contribution in [0.2, 0.25) is 0 Å². The van der Waals surface area contributed by atoms with Crippen molar-refractivity contribution in [3.05, 3.63) is 30.1 Å². The van der Waals surface area contributed by atoms with Gasteiger partial charge in [0.05, 0.1) is 11.5 Å². The molecule has 0 aliphatic carbocycles. The molecule has 0 amide bonds. The van der Waals surface area contributed by atoms with Crippen LogP contribution in [0.1, 0.15) is 19.3 Å². The molecule has 5 nitrogen and oxygen atoms in total. The highest BCUT2D eigenvalue weighted by atomic mass is 32.2. The Kier molecular flexibility index (Phi) is 5.31. The van der Waals surface area contributed by atoms with Gasteiger partial charge in [0, 0.05) is 25.7 Å². The molecule has 2 saturated heterocycles. The van der Waals surface area contributed by atoms with Gasteiger partial charge in [0.1, 0.15) is 5.82 Å². The predicted octanol–water partition coefficient (Wildman–Crippen LogP) is 1.60. The molecular formula is C16H23FN2O3S. The number of piperidine rings is 1. The largest absolute Gasteiger partial charge is 0.381 e. The van der Waals surface area contributed by atoms with Crippen molar-refractivity contribution in [1.29, 1.82) is 0 Å². The van der Waals surface area contributed by atoms with E-state index < -0.39 is 15.8 Å². The average molecular weight is 342 g/mol. The summed E-state index contributed by atoms with van der Waals surface area (Å²) in [6, 6.07) is 5.00. The average Bonchev–Trinajstić information content (AvgIpc) is 3.00. The van der Waals surface area contributed by atoms with Crippen LogP contribution in [0.25, 0.3) is 0 Å². The molecule has 1 aromatic rings. The molecular weight excluding hydrogens is 319 g/mol. The first-order chi connectivity index (χ1) is 11.0. The lowest BCUT2D eigenvalue weighted by molar-refractivity contribution is 0.148. The first-order valence-corrected chi connectivity index (χ1v) is 9.59. The second-order valence-electron chi connectivity index (χ2n) is 6.41. The fourth-order valence-corrected chi connectivity index (χ4v) is 4.62. The van der Waals surface area contributed by atoms with Crippen molar-refractivity contribution in [1.82, 2.24) is 9.62 Å². The van der Waals surface area contributed by atoms with Crippen LogP contribution < -0.4 is 4.72 Å². The van der Waals surface area contributed by atoms with Gasteiger partial charge in [-0.05, 0) is 49.9 Å². The maximum absolute atomic E-state index is 13.3. The molecule has 0 radical (unpaired) electrons. The zero-order chi connectivity index (χ0) is 16.3. The number of benzene rings is 1. The summed E-state index contributed by atoms with van der Waals surface area (Å²) < 4.78 is 46.2. The van der Waals surface area contributed by atoms with Crippen molar-refractivity contribution in [2.75, 3.05) is 32.8 Å². The second-order valence-corrected chi connectivity index (χ2v) is 8.12. The van der Waals surface area contributed by atoms with Gasteiger partial charge in [0.25, 0.3) is 0 Å². The molecule has 3 rings (SSSR count). The zero-order valence-corrected chi connectivity index (χ0v) is 13.9. The first kappa shape index (κ1) is 16.8. The van der Waals surface area contributed by atoms with Gasteiger partial charge < -0.3 is 9.64 Å². The van der Waals surface area contributed by atoms with E-state index in [1.165, 1.54) is 18.2 Å². The molecule has 23 heavy (non-hydrogen) atoms. The molecule has 1 N–H and O–H groups in total. The van der Waals surface area contributed by atoms with E-state index >= 15 is 0 Å². The van der Waals surface area contributed by atoms with E-state index in [4.69, 9.17) is 4.74 Å². The molecule has 2 atom stereocenters. The van der Waals surface area contributed by atoms with Gasteiger partial charge in [-0.2, -0.15) is 0 Å². The lowest BCUT2D eigenvalue weighted by atomic mass is 10.0. The predicted molar refractivity (Wildman–Crippen MR) is 85.1 cm³/mol. The summed E-state index contributed by atoms with van der Waals surface area (Å²) in [4.78, 5) is 2.29. The van der Waals surface area contributed by atoms with E-state index in [1.807, 2.05) is 0 Å². The van der Waals surface area contributed by atoms with Crippen LogP contribution in [0.3, 0.4) is 0 Å². The van der Waals surface area contributed by atoms with Crippen molar-refractivity contribution in [3.63, 3.8) is 0 Å². The number of likely N-dealkylation sites (tertiary alicyclic amines) is 1. The smallest absolute Gasteiger partial charge is 0.240 e. The molecule has 2 heterocycles. The summed E-state index contributed by atoms with van der Waals surface area (Å²) in [5.74, 6) is 0.00737. The molecule has 2 aliphatic heterocycles. The third-order valence-corrected chi connectivity index (χ3v) is 5.99. The fraction of sp³-hybridized carbons (Fsp3) is 0.625. The third-order valence-electron chi connectivity index (χ3n) is 4.47. The minimum absolute atomic E-state index is 0.0150. The van der Waals surface area contributed by atoms with Crippen LogP contribution in [0.5, 0.6) is 0 Å². The minimum atomic E-state index is -3.67. The van der Waals surface area contributed by atoms with E-state index in [1.54, 1.807) is 0 Å².